The Morgan fingerprint density at radius 1 is 1.00 bits per heavy atom. The van der Waals surface area contributed by atoms with Crippen LogP contribution in [0.5, 0.6) is 0 Å². The summed E-state index contributed by atoms with van der Waals surface area (Å²) in [5, 5.41) is 5.71. The molecule has 25 heavy (non-hydrogen) atoms. The minimum absolute atomic E-state index is 0.159. The number of nitrogens with one attached hydrogen (secondary N) is 2. The third kappa shape index (κ3) is 3.96. The van der Waals surface area contributed by atoms with Crippen molar-refractivity contribution in [2.24, 2.45) is 0 Å². The highest BCUT2D eigenvalue weighted by molar-refractivity contribution is 5.89. The summed E-state index contributed by atoms with van der Waals surface area (Å²) in [5.41, 5.74) is 0.707. The summed E-state index contributed by atoms with van der Waals surface area (Å²) in [5.74, 6) is 1.69. The van der Waals surface area contributed by atoms with E-state index in [0.29, 0.717) is 11.7 Å². The molecule has 8 nitrogen and oxygen atoms in total. The van der Waals surface area contributed by atoms with Gasteiger partial charge in [-0.2, -0.15) is 0 Å². The summed E-state index contributed by atoms with van der Waals surface area (Å²) in [6, 6.07) is 5.85. The first-order valence-electron chi connectivity index (χ1n) is 8.58. The third-order valence-electron chi connectivity index (χ3n) is 4.36. The van der Waals surface area contributed by atoms with Crippen molar-refractivity contribution in [3.8, 4) is 0 Å². The molecule has 1 saturated carbocycles. The molecule has 2 aromatic heterocycles. The van der Waals surface area contributed by atoms with Crippen LogP contribution in [0.25, 0.3) is 0 Å². The van der Waals surface area contributed by atoms with Crippen LogP contribution >= 0.6 is 0 Å². The minimum Gasteiger partial charge on any atom is -0.353 e. The van der Waals surface area contributed by atoms with Crippen LogP contribution in [0.4, 0.5) is 22.2 Å². The molecule has 2 aliphatic rings. The second kappa shape index (κ2) is 6.92. The summed E-state index contributed by atoms with van der Waals surface area (Å²) in [6.45, 7) is 3.44. The number of carbonyl (C=O) groups excluding carboxylic acids is 1. The van der Waals surface area contributed by atoms with Crippen LogP contribution < -0.4 is 20.4 Å². The lowest BCUT2D eigenvalue weighted by atomic mass is 10.3. The van der Waals surface area contributed by atoms with Gasteiger partial charge in [0.25, 0.3) is 0 Å². The van der Waals surface area contributed by atoms with Crippen LogP contribution in [0.2, 0.25) is 0 Å². The van der Waals surface area contributed by atoms with Crippen LogP contribution in [0.15, 0.2) is 36.8 Å². The van der Waals surface area contributed by atoms with E-state index in [1.165, 1.54) is 0 Å². The lowest BCUT2D eigenvalue weighted by Gasteiger charge is -2.35. The van der Waals surface area contributed by atoms with Crippen LogP contribution in [0.3, 0.4) is 0 Å². The first-order valence-corrected chi connectivity index (χ1v) is 8.58. The molecule has 2 fully saturated rings. The number of rotatable bonds is 4. The Kier molecular flexibility index (Phi) is 4.32. The highest BCUT2D eigenvalue weighted by Gasteiger charge is 2.23. The van der Waals surface area contributed by atoms with E-state index in [0.717, 1.165) is 50.8 Å². The second-order valence-electron chi connectivity index (χ2n) is 6.30. The molecule has 0 radical (unpaired) electrons. The maximum atomic E-state index is 11.7. The van der Waals surface area contributed by atoms with E-state index in [2.05, 4.69) is 35.4 Å². The predicted molar refractivity (Wildman–Crippen MR) is 95.9 cm³/mol. The van der Waals surface area contributed by atoms with Crippen LogP contribution in [-0.4, -0.2) is 53.2 Å². The van der Waals surface area contributed by atoms with Crippen LogP contribution in [0, 0.1) is 0 Å². The van der Waals surface area contributed by atoms with Crippen molar-refractivity contribution in [2.45, 2.75) is 18.9 Å². The lowest BCUT2D eigenvalue weighted by molar-refractivity contribution is 0.251. The standard InChI is InChI=1S/C17H21N7O/c25-17(21-13-2-3-13)22-14-4-5-15(20-12-14)23-8-10-24(11-9-23)16-18-6-1-7-19-16/h1,4-7,12-13H,2-3,8-11H2,(H2,21,22,25). The Morgan fingerprint density at radius 3 is 2.36 bits per heavy atom. The summed E-state index contributed by atoms with van der Waals surface area (Å²) >= 11 is 0. The van der Waals surface area contributed by atoms with Crippen LogP contribution in [0.1, 0.15) is 12.8 Å². The summed E-state index contributed by atoms with van der Waals surface area (Å²) < 4.78 is 0. The Morgan fingerprint density at radius 2 is 1.72 bits per heavy atom. The molecule has 0 atom stereocenters. The number of piperazine rings is 1. The molecule has 2 N–H and O–H groups in total. The van der Waals surface area contributed by atoms with Crippen molar-refractivity contribution in [2.75, 3.05) is 41.3 Å². The zero-order chi connectivity index (χ0) is 17.1. The van der Waals surface area contributed by atoms with Gasteiger partial charge in [0, 0.05) is 44.6 Å². The Bertz CT molecular complexity index is 710. The largest absolute Gasteiger partial charge is 0.353 e. The highest BCUT2D eigenvalue weighted by Crippen LogP contribution is 2.20. The van der Waals surface area contributed by atoms with E-state index >= 15 is 0 Å². The van der Waals surface area contributed by atoms with Gasteiger partial charge in [-0.05, 0) is 31.0 Å². The SMILES string of the molecule is O=C(Nc1ccc(N2CCN(c3ncccn3)CC2)nc1)NC1CC1. The molecule has 2 aromatic rings. The first kappa shape index (κ1) is 15.6. The lowest BCUT2D eigenvalue weighted by Crippen LogP contribution is -2.47. The van der Waals surface area contributed by atoms with E-state index in [-0.39, 0.29) is 6.03 Å². The van der Waals surface area contributed by atoms with E-state index < -0.39 is 0 Å². The molecule has 2 amide bonds. The summed E-state index contributed by atoms with van der Waals surface area (Å²) in [4.78, 5) is 29.2. The Labute approximate surface area is 146 Å². The number of aromatic nitrogens is 3. The second-order valence-corrected chi connectivity index (χ2v) is 6.30. The molecule has 0 spiro atoms. The van der Waals surface area contributed by atoms with Crippen molar-refractivity contribution in [3.05, 3.63) is 36.8 Å². The normalized spacial score (nSPS) is 17.3. The molecule has 0 bridgehead atoms. The number of hydrogen-bond donors (Lipinski definition) is 2. The molecule has 1 aliphatic heterocycles. The highest BCUT2D eigenvalue weighted by atomic mass is 16.2. The molecular formula is C17H21N7O. The monoisotopic (exact) mass is 339 g/mol. The van der Waals surface area contributed by atoms with E-state index in [1.807, 2.05) is 18.2 Å². The molecular weight excluding hydrogens is 318 g/mol. The van der Waals surface area contributed by atoms with Crippen molar-refractivity contribution in [1.29, 1.82) is 0 Å². The zero-order valence-corrected chi connectivity index (χ0v) is 13.9. The van der Waals surface area contributed by atoms with Crippen molar-refractivity contribution >= 4 is 23.5 Å². The van der Waals surface area contributed by atoms with Gasteiger partial charge >= 0.3 is 6.03 Å². The number of carbonyl (C=O) groups is 1. The Hall–Kier alpha value is -2.90. The quantitative estimate of drug-likeness (QED) is 0.877. The topological polar surface area (TPSA) is 86.3 Å². The molecule has 4 rings (SSSR count). The van der Waals surface area contributed by atoms with Gasteiger partial charge in [-0.3, -0.25) is 0 Å². The van der Waals surface area contributed by atoms with E-state index in [4.69, 9.17) is 0 Å². The maximum Gasteiger partial charge on any atom is 0.319 e. The van der Waals surface area contributed by atoms with Gasteiger partial charge in [0.05, 0.1) is 11.9 Å². The fourth-order valence-electron chi connectivity index (χ4n) is 2.82. The molecule has 1 aliphatic carbocycles. The third-order valence-corrected chi connectivity index (χ3v) is 4.36. The average Bonchev–Trinajstić information content (AvgIpc) is 3.47. The molecule has 8 heteroatoms. The van der Waals surface area contributed by atoms with Gasteiger partial charge in [0.1, 0.15) is 5.82 Å². The molecule has 0 aromatic carbocycles. The van der Waals surface area contributed by atoms with Gasteiger partial charge < -0.3 is 20.4 Å². The van der Waals surface area contributed by atoms with Crippen molar-refractivity contribution < 1.29 is 4.79 Å². The first-order chi connectivity index (χ1) is 12.3. The van der Waals surface area contributed by atoms with Gasteiger partial charge in [-0.15, -0.1) is 0 Å². The summed E-state index contributed by atoms with van der Waals surface area (Å²) in [7, 11) is 0. The van der Waals surface area contributed by atoms with Gasteiger partial charge in [0.2, 0.25) is 5.95 Å². The number of hydrogen-bond acceptors (Lipinski definition) is 6. The number of urea groups is 1. The zero-order valence-electron chi connectivity index (χ0n) is 13.9. The molecule has 130 valence electrons. The van der Waals surface area contributed by atoms with Gasteiger partial charge in [-0.25, -0.2) is 19.7 Å². The minimum atomic E-state index is -0.159. The number of pyridine rings is 1. The number of amides is 2. The fourth-order valence-corrected chi connectivity index (χ4v) is 2.82. The van der Waals surface area contributed by atoms with Crippen molar-refractivity contribution in [1.82, 2.24) is 20.3 Å². The van der Waals surface area contributed by atoms with Crippen molar-refractivity contribution in [3.63, 3.8) is 0 Å². The smallest absolute Gasteiger partial charge is 0.319 e. The van der Waals surface area contributed by atoms with Crippen LogP contribution in [-0.2, 0) is 0 Å². The van der Waals surface area contributed by atoms with Gasteiger partial charge in [0.15, 0.2) is 0 Å². The number of nitrogens with zero attached hydrogens (tertiary/aromatic N) is 5. The number of anilines is 3. The fraction of sp³-hybridized carbons (Fsp3) is 0.412. The molecule has 3 heterocycles. The van der Waals surface area contributed by atoms with Gasteiger partial charge in [-0.1, -0.05) is 0 Å². The Balaban J connectivity index is 1.31. The maximum absolute atomic E-state index is 11.7. The molecule has 1 saturated heterocycles. The molecule has 0 unspecified atom stereocenters. The predicted octanol–water partition coefficient (Wildman–Crippen LogP) is 1.48. The van der Waals surface area contributed by atoms with E-state index in [1.54, 1.807) is 18.6 Å². The average molecular weight is 339 g/mol. The van der Waals surface area contributed by atoms with E-state index in [9.17, 15) is 4.79 Å². The summed E-state index contributed by atoms with van der Waals surface area (Å²) in [6.07, 6.45) is 7.38.